The standard InChI is InChI=1S/C19H18ClNO2S/c1-4-24-17-8-6-5-7-15(17)21-19(22)18-12(3)13-10-14(20)11(2)9-16(13)23-18/h5-10H,4H2,1-3H3,(H,21,22). The fourth-order valence-corrected chi connectivity index (χ4v) is 3.51. The van der Waals surface area contributed by atoms with Crippen LogP contribution in [0, 0.1) is 13.8 Å². The molecule has 3 aromatic rings. The molecule has 0 aliphatic rings. The molecule has 0 fully saturated rings. The number of amides is 1. The van der Waals surface area contributed by atoms with Gasteiger partial charge in [-0.2, -0.15) is 0 Å². The summed E-state index contributed by atoms with van der Waals surface area (Å²) in [5.74, 6) is 1.01. The van der Waals surface area contributed by atoms with E-state index in [1.165, 1.54) is 0 Å². The minimum atomic E-state index is -0.248. The average Bonchev–Trinajstić information content (AvgIpc) is 2.87. The number of anilines is 1. The van der Waals surface area contributed by atoms with E-state index in [-0.39, 0.29) is 5.91 Å². The first-order valence-corrected chi connectivity index (χ1v) is 9.10. The minimum Gasteiger partial charge on any atom is -0.451 e. The number of rotatable bonds is 4. The highest BCUT2D eigenvalue weighted by atomic mass is 35.5. The van der Waals surface area contributed by atoms with Gasteiger partial charge in [-0.05, 0) is 49.4 Å². The second-order valence-corrected chi connectivity index (χ2v) is 7.25. The van der Waals surface area contributed by atoms with Gasteiger partial charge in [0, 0.05) is 20.9 Å². The zero-order valence-electron chi connectivity index (χ0n) is 13.8. The SMILES string of the molecule is CCSc1ccccc1NC(=O)c1oc2cc(C)c(Cl)cc2c1C. The van der Waals surface area contributed by atoms with Gasteiger partial charge >= 0.3 is 0 Å². The van der Waals surface area contributed by atoms with Gasteiger partial charge in [-0.15, -0.1) is 11.8 Å². The lowest BCUT2D eigenvalue weighted by Gasteiger charge is -2.09. The van der Waals surface area contributed by atoms with E-state index >= 15 is 0 Å². The summed E-state index contributed by atoms with van der Waals surface area (Å²) in [6.45, 7) is 5.87. The second-order valence-electron chi connectivity index (χ2n) is 5.54. The summed E-state index contributed by atoms with van der Waals surface area (Å²) >= 11 is 7.88. The molecule has 0 saturated heterocycles. The van der Waals surface area contributed by atoms with E-state index in [4.69, 9.17) is 16.0 Å². The summed E-state index contributed by atoms with van der Waals surface area (Å²) in [6, 6.07) is 11.5. The van der Waals surface area contributed by atoms with Crippen molar-refractivity contribution in [2.75, 3.05) is 11.1 Å². The molecule has 3 nitrogen and oxygen atoms in total. The summed E-state index contributed by atoms with van der Waals surface area (Å²) in [7, 11) is 0. The highest BCUT2D eigenvalue weighted by molar-refractivity contribution is 7.99. The second kappa shape index (κ2) is 6.91. The van der Waals surface area contributed by atoms with Crippen LogP contribution in [0.15, 0.2) is 45.7 Å². The van der Waals surface area contributed by atoms with Crippen LogP contribution < -0.4 is 5.32 Å². The minimum absolute atomic E-state index is 0.248. The van der Waals surface area contributed by atoms with Crippen molar-refractivity contribution in [3.05, 3.63) is 58.3 Å². The largest absolute Gasteiger partial charge is 0.451 e. The number of halogens is 1. The van der Waals surface area contributed by atoms with E-state index in [2.05, 4.69) is 12.2 Å². The van der Waals surface area contributed by atoms with E-state index in [0.717, 1.165) is 32.8 Å². The number of nitrogens with one attached hydrogen (secondary N) is 1. The number of furan rings is 1. The summed E-state index contributed by atoms with van der Waals surface area (Å²) in [5, 5.41) is 4.49. The Kier molecular flexibility index (Phi) is 4.88. The molecule has 0 aliphatic carbocycles. The normalized spacial score (nSPS) is 11.0. The van der Waals surface area contributed by atoms with Crippen LogP contribution in [0.1, 0.15) is 28.6 Å². The molecule has 2 aromatic carbocycles. The Morgan fingerprint density at radius 3 is 2.75 bits per heavy atom. The Bertz CT molecular complexity index is 917. The van der Waals surface area contributed by atoms with Gasteiger partial charge in [-0.1, -0.05) is 30.7 Å². The number of aryl methyl sites for hydroxylation is 2. The molecule has 0 radical (unpaired) electrons. The predicted molar refractivity (Wildman–Crippen MR) is 101 cm³/mol. The fourth-order valence-electron chi connectivity index (χ4n) is 2.59. The van der Waals surface area contributed by atoms with Crippen molar-refractivity contribution in [3.63, 3.8) is 0 Å². The van der Waals surface area contributed by atoms with Gasteiger partial charge in [0.25, 0.3) is 5.91 Å². The number of hydrogen-bond acceptors (Lipinski definition) is 3. The fraction of sp³-hybridized carbons (Fsp3) is 0.211. The van der Waals surface area contributed by atoms with E-state index in [9.17, 15) is 4.79 Å². The number of benzene rings is 2. The first-order chi connectivity index (χ1) is 11.5. The Morgan fingerprint density at radius 2 is 2.00 bits per heavy atom. The third-order valence-electron chi connectivity index (χ3n) is 3.86. The van der Waals surface area contributed by atoms with Crippen LogP contribution in [0.25, 0.3) is 11.0 Å². The molecule has 0 bridgehead atoms. The smallest absolute Gasteiger partial charge is 0.291 e. The number of fused-ring (bicyclic) bond motifs is 1. The monoisotopic (exact) mass is 359 g/mol. The van der Waals surface area contributed by atoms with Gasteiger partial charge in [-0.25, -0.2) is 0 Å². The van der Waals surface area contributed by atoms with Gasteiger partial charge in [0.05, 0.1) is 5.69 Å². The van der Waals surface area contributed by atoms with E-state index in [1.54, 1.807) is 11.8 Å². The maximum atomic E-state index is 12.7. The van der Waals surface area contributed by atoms with Crippen molar-refractivity contribution in [2.45, 2.75) is 25.7 Å². The molecule has 0 atom stereocenters. The molecule has 0 saturated carbocycles. The van der Waals surface area contributed by atoms with Crippen LogP contribution in [0.2, 0.25) is 5.02 Å². The Hall–Kier alpha value is -1.91. The third kappa shape index (κ3) is 3.17. The molecule has 1 N–H and O–H groups in total. The average molecular weight is 360 g/mol. The first-order valence-electron chi connectivity index (χ1n) is 7.73. The molecule has 124 valence electrons. The molecule has 0 unspecified atom stereocenters. The first kappa shape index (κ1) is 16.9. The third-order valence-corrected chi connectivity index (χ3v) is 5.22. The van der Waals surface area contributed by atoms with Crippen LogP contribution in [0.4, 0.5) is 5.69 Å². The molecular weight excluding hydrogens is 342 g/mol. The van der Waals surface area contributed by atoms with E-state index < -0.39 is 0 Å². The molecule has 5 heteroatoms. The molecule has 1 aromatic heterocycles. The van der Waals surface area contributed by atoms with Crippen molar-refractivity contribution in [1.82, 2.24) is 0 Å². The lowest BCUT2D eigenvalue weighted by atomic mass is 10.1. The van der Waals surface area contributed by atoms with Crippen LogP contribution >= 0.6 is 23.4 Å². The molecule has 24 heavy (non-hydrogen) atoms. The molecule has 0 spiro atoms. The van der Waals surface area contributed by atoms with E-state index in [0.29, 0.717) is 16.4 Å². The highest BCUT2D eigenvalue weighted by Crippen LogP contribution is 2.32. The van der Waals surface area contributed by atoms with Crippen molar-refractivity contribution in [3.8, 4) is 0 Å². The quantitative estimate of drug-likeness (QED) is 0.575. The van der Waals surface area contributed by atoms with Gasteiger partial charge in [0.1, 0.15) is 5.58 Å². The van der Waals surface area contributed by atoms with Crippen molar-refractivity contribution < 1.29 is 9.21 Å². The zero-order chi connectivity index (χ0) is 17.3. The molecule has 1 amide bonds. The number of hydrogen-bond donors (Lipinski definition) is 1. The zero-order valence-corrected chi connectivity index (χ0v) is 15.3. The van der Waals surface area contributed by atoms with Crippen molar-refractivity contribution >= 4 is 45.9 Å². The maximum absolute atomic E-state index is 12.7. The Morgan fingerprint density at radius 1 is 1.25 bits per heavy atom. The van der Waals surface area contributed by atoms with Crippen molar-refractivity contribution in [1.29, 1.82) is 0 Å². The number of thioether (sulfide) groups is 1. The highest BCUT2D eigenvalue weighted by Gasteiger charge is 2.19. The van der Waals surface area contributed by atoms with Crippen LogP contribution in [0.5, 0.6) is 0 Å². The van der Waals surface area contributed by atoms with E-state index in [1.807, 2.05) is 50.2 Å². The summed E-state index contributed by atoms with van der Waals surface area (Å²) in [6.07, 6.45) is 0. The molecule has 1 heterocycles. The lowest BCUT2D eigenvalue weighted by molar-refractivity contribution is 0.0997. The number of carbonyl (C=O) groups excluding carboxylic acids is 1. The van der Waals surface area contributed by atoms with Crippen LogP contribution in [-0.4, -0.2) is 11.7 Å². The van der Waals surface area contributed by atoms with Crippen molar-refractivity contribution in [2.24, 2.45) is 0 Å². The summed E-state index contributed by atoms with van der Waals surface area (Å²) in [5.41, 5.74) is 3.19. The topological polar surface area (TPSA) is 42.2 Å². The van der Waals surface area contributed by atoms with Crippen LogP contribution in [0.3, 0.4) is 0 Å². The lowest BCUT2D eigenvalue weighted by Crippen LogP contribution is -2.12. The Balaban J connectivity index is 1.96. The number of carbonyl (C=O) groups is 1. The van der Waals surface area contributed by atoms with Gasteiger partial charge in [0.2, 0.25) is 0 Å². The number of para-hydroxylation sites is 1. The van der Waals surface area contributed by atoms with Gasteiger partial charge < -0.3 is 9.73 Å². The maximum Gasteiger partial charge on any atom is 0.291 e. The molecule has 0 aliphatic heterocycles. The molecular formula is C19H18ClNO2S. The van der Waals surface area contributed by atoms with Gasteiger partial charge in [-0.3, -0.25) is 4.79 Å². The summed E-state index contributed by atoms with van der Waals surface area (Å²) in [4.78, 5) is 13.7. The molecule has 3 rings (SSSR count). The Labute approximate surface area is 150 Å². The van der Waals surface area contributed by atoms with Gasteiger partial charge in [0.15, 0.2) is 5.76 Å². The predicted octanol–water partition coefficient (Wildman–Crippen LogP) is 6.07. The van der Waals surface area contributed by atoms with Crippen LogP contribution in [-0.2, 0) is 0 Å². The summed E-state index contributed by atoms with van der Waals surface area (Å²) < 4.78 is 5.79.